The van der Waals surface area contributed by atoms with E-state index in [-0.39, 0.29) is 25.0 Å². The molecular formula is C12H23F3N2O2. The molecule has 0 radical (unpaired) electrons. The molecule has 0 aromatic heterocycles. The molecule has 1 atom stereocenters. The highest BCUT2D eigenvalue weighted by atomic mass is 19.4. The summed E-state index contributed by atoms with van der Waals surface area (Å²) in [4.78, 5) is 12.2. The normalized spacial score (nSPS) is 14.4. The first-order chi connectivity index (χ1) is 8.53. The van der Waals surface area contributed by atoms with Gasteiger partial charge in [-0.2, -0.15) is 13.2 Å². The maximum atomic E-state index is 12.4. The van der Waals surface area contributed by atoms with Gasteiger partial charge in [0.2, 0.25) is 0 Å². The number of hydrogen-bond acceptors (Lipinski definition) is 3. The van der Waals surface area contributed by atoms with E-state index in [1.807, 2.05) is 0 Å². The van der Waals surface area contributed by atoms with Gasteiger partial charge in [-0.1, -0.05) is 13.8 Å². The minimum atomic E-state index is -4.27. The molecule has 0 fully saturated rings. The number of carbonyl (C=O) groups is 1. The maximum absolute atomic E-state index is 12.4. The SMILES string of the molecule is CC(C)NC(CCN(CC(F)(F)F)C(C)C)C(=O)O. The predicted molar refractivity (Wildman–Crippen MR) is 67.1 cm³/mol. The third-order valence-corrected chi connectivity index (χ3v) is 2.65. The Hall–Kier alpha value is -0.820. The lowest BCUT2D eigenvalue weighted by molar-refractivity contribution is -0.150. The van der Waals surface area contributed by atoms with Crippen molar-refractivity contribution in [3.05, 3.63) is 0 Å². The molecule has 0 saturated heterocycles. The summed E-state index contributed by atoms with van der Waals surface area (Å²) in [6.07, 6.45) is -4.13. The van der Waals surface area contributed by atoms with Crippen molar-refractivity contribution in [1.29, 1.82) is 0 Å². The van der Waals surface area contributed by atoms with Crippen LogP contribution in [0.3, 0.4) is 0 Å². The van der Waals surface area contributed by atoms with Crippen LogP contribution in [0.4, 0.5) is 13.2 Å². The third-order valence-electron chi connectivity index (χ3n) is 2.65. The van der Waals surface area contributed by atoms with Crippen LogP contribution in [0.5, 0.6) is 0 Å². The standard InChI is InChI=1S/C12H23F3N2O2/c1-8(2)16-10(11(18)19)5-6-17(9(3)4)7-12(13,14)15/h8-10,16H,5-7H2,1-4H3,(H,18,19). The van der Waals surface area contributed by atoms with Gasteiger partial charge in [0, 0.05) is 18.6 Å². The number of carboxylic acid groups (broad SMARTS) is 1. The van der Waals surface area contributed by atoms with Crippen LogP contribution in [0.2, 0.25) is 0 Å². The number of alkyl halides is 3. The number of aliphatic carboxylic acids is 1. The molecule has 19 heavy (non-hydrogen) atoms. The van der Waals surface area contributed by atoms with Gasteiger partial charge in [-0.15, -0.1) is 0 Å². The lowest BCUT2D eigenvalue weighted by Crippen LogP contribution is -2.46. The molecule has 0 amide bonds. The number of hydrogen-bond donors (Lipinski definition) is 2. The van der Waals surface area contributed by atoms with E-state index < -0.39 is 24.7 Å². The molecule has 1 unspecified atom stereocenters. The van der Waals surface area contributed by atoms with Crippen molar-refractivity contribution in [1.82, 2.24) is 10.2 Å². The highest BCUT2D eigenvalue weighted by Gasteiger charge is 2.32. The fraction of sp³-hybridized carbons (Fsp3) is 0.917. The van der Waals surface area contributed by atoms with Crippen LogP contribution in [0.25, 0.3) is 0 Å². The van der Waals surface area contributed by atoms with E-state index >= 15 is 0 Å². The average molecular weight is 284 g/mol. The fourth-order valence-corrected chi connectivity index (χ4v) is 1.73. The first-order valence-corrected chi connectivity index (χ1v) is 6.32. The Balaban J connectivity index is 4.47. The lowest BCUT2D eigenvalue weighted by Gasteiger charge is -2.29. The first kappa shape index (κ1) is 18.2. The number of rotatable bonds is 8. The van der Waals surface area contributed by atoms with E-state index in [2.05, 4.69) is 5.32 Å². The van der Waals surface area contributed by atoms with Gasteiger partial charge in [-0.05, 0) is 20.3 Å². The number of nitrogens with zero attached hydrogens (tertiary/aromatic N) is 1. The van der Waals surface area contributed by atoms with E-state index in [1.165, 1.54) is 4.90 Å². The summed E-state index contributed by atoms with van der Waals surface area (Å²) in [5, 5.41) is 11.8. The number of halogens is 3. The highest BCUT2D eigenvalue weighted by molar-refractivity contribution is 5.73. The second-order valence-corrected chi connectivity index (χ2v) is 5.18. The molecule has 4 nitrogen and oxygen atoms in total. The molecule has 0 saturated carbocycles. The van der Waals surface area contributed by atoms with Crippen LogP contribution in [-0.4, -0.2) is 53.4 Å². The molecule has 0 rings (SSSR count). The Kier molecular flexibility index (Phi) is 7.36. The zero-order valence-electron chi connectivity index (χ0n) is 11.8. The van der Waals surface area contributed by atoms with Crippen LogP contribution in [0.1, 0.15) is 34.1 Å². The smallest absolute Gasteiger partial charge is 0.401 e. The first-order valence-electron chi connectivity index (χ1n) is 6.32. The van der Waals surface area contributed by atoms with Gasteiger partial charge in [-0.25, -0.2) is 0 Å². The van der Waals surface area contributed by atoms with Crippen LogP contribution in [0.15, 0.2) is 0 Å². The Morgan fingerprint density at radius 3 is 2.11 bits per heavy atom. The largest absolute Gasteiger partial charge is 0.480 e. The molecule has 2 N–H and O–H groups in total. The molecule has 0 aliphatic heterocycles. The topological polar surface area (TPSA) is 52.6 Å². The summed E-state index contributed by atoms with van der Waals surface area (Å²) in [7, 11) is 0. The van der Waals surface area contributed by atoms with Crippen LogP contribution >= 0.6 is 0 Å². The van der Waals surface area contributed by atoms with Crippen molar-refractivity contribution in [2.24, 2.45) is 0 Å². The fourth-order valence-electron chi connectivity index (χ4n) is 1.73. The van der Waals surface area contributed by atoms with Gasteiger partial charge < -0.3 is 10.4 Å². The molecule has 0 spiro atoms. The second-order valence-electron chi connectivity index (χ2n) is 5.18. The molecule has 0 bridgehead atoms. The summed E-state index contributed by atoms with van der Waals surface area (Å²) < 4.78 is 37.2. The summed E-state index contributed by atoms with van der Waals surface area (Å²) in [6.45, 7) is 6.00. The quantitative estimate of drug-likeness (QED) is 0.716. The Bertz CT molecular complexity index is 281. The van der Waals surface area contributed by atoms with Crippen LogP contribution in [-0.2, 0) is 4.79 Å². The minimum Gasteiger partial charge on any atom is -0.480 e. The van der Waals surface area contributed by atoms with E-state index in [0.29, 0.717) is 0 Å². The van der Waals surface area contributed by atoms with Crippen molar-refractivity contribution in [2.45, 2.75) is 58.4 Å². The maximum Gasteiger partial charge on any atom is 0.401 e. The van der Waals surface area contributed by atoms with Gasteiger partial charge in [0.1, 0.15) is 6.04 Å². The zero-order chi connectivity index (χ0) is 15.2. The van der Waals surface area contributed by atoms with Crippen molar-refractivity contribution in [3.63, 3.8) is 0 Å². The molecule has 7 heteroatoms. The Morgan fingerprint density at radius 2 is 1.79 bits per heavy atom. The van der Waals surface area contributed by atoms with E-state index in [9.17, 15) is 18.0 Å². The van der Waals surface area contributed by atoms with E-state index in [1.54, 1.807) is 27.7 Å². The van der Waals surface area contributed by atoms with Crippen molar-refractivity contribution in [2.75, 3.05) is 13.1 Å². The predicted octanol–water partition coefficient (Wildman–Crippen LogP) is 2.10. The lowest BCUT2D eigenvalue weighted by atomic mass is 10.1. The van der Waals surface area contributed by atoms with Crippen LogP contribution in [0, 0.1) is 0 Å². The third kappa shape index (κ3) is 8.83. The molecule has 0 aliphatic rings. The Labute approximate surface area is 112 Å². The van der Waals surface area contributed by atoms with E-state index in [4.69, 9.17) is 5.11 Å². The highest BCUT2D eigenvalue weighted by Crippen LogP contribution is 2.18. The number of carboxylic acids is 1. The van der Waals surface area contributed by atoms with Gasteiger partial charge in [0.25, 0.3) is 0 Å². The van der Waals surface area contributed by atoms with Gasteiger partial charge in [-0.3, -0.25) is 9.69 Å². The summed E-state index contributed by atoms with van der Waals surface area (Å²) in [6, 6.07) is -1.14. The van der Waals surface area contributed by atoms with Crippen molar-refractivity contribution < 1.29 is 23.1 Å². The van der Waals surface area contributed by atoms with Gasteiger partial charge >= 0.3 is 12.1 Å². The zero-order valence-corrected chi connectivity index (χ0v) is 11.8. The molecule has 0 aliphatic carbocycles. The molecule has 0 aromatic rings. The monoisotopic (exact) mass is 284 g/mol. The minimum absolute atomic E-state index is 0.0313. The molecular weight excluding hydrogens is 261 g/mol. The average Bonchev–Trinajstić information content (AvgIpc) is 2.19. The van der Waals surface area contributed by atoms with Crippen LogP contribution < -0.4 is 5.32 Å². The molecule has 0 aromatic carbocycles. The second kappa shape index (κ2) is 7.69. The van der Waals surface area contributed by atoms with Gasteiger partial charge in [0.15, 0.2) is 0 Å². The summed E-state index contributed by atoms with van der Waals surface area (Å²) >= 11 is 0. The summed E-state index contributed by atoms with van der Waals surface area (Å²) in [5.74, 6) is -1.04. The van der Waals surface area contributed by atoms with Crippen molar-refractivity contribution in [3.8, 4) is 0 Å². The van der Waals surface area contributed by atoms with E-state index in [0.717, 1.165) is 0 Å². The van der Waals surface area contributed by atoms with Crippen molar-refractivity contribution >= 4 is 5.97 Å². The Morgan fingerprint density at radius 1 is 1.26 bits per heavy atom. The molecule has 114 valence electrons. The summed E-state index contributed by atoms with van der Waals surface area (Å²) in [5.41, 5.74) is 0. The number of nitrogens with one attached hydrogen (secondary N) is 1. The van der Waals surface area contributed by atoms with Gasteiger partial charge in [0.05, 0.1) is 6.54 Å². The molecule has 0 heterocycles.